The van der Waals surface area contributed by atoms with Crippen LogP contribution in [0.5, 0.6) is 0 Å². The number of aliphatic hydroxyl groups is 1. The monoisotopic (exact) mass is 242 g/mol. The van der Waals surface area contributed by atoms with E-state index >= 15 is 0 Å². The maximum atomic E-state index is 11.5. The minimum Gasteiger partial charge on any atom is -0.460 e. The Hall–Kier alpha value is -1.62. The highest BCUT2D eigenvalue weighted by molar-refractivity contribution is 5.92. The molecule has 96 valence electrons. The highest BCUT2D eigenvalue weighted by Gasteiger charge is 2.16. The molecular weight excluding hydrogens is 224 g/mol. The number of hydrogen-bond acceptors (Lipinski definition) is 5. The molecule has 0 rings (SSSR count). The first-order chi connectivity index (χ1) is 8.01. The van der Waals surface area contributed by atoms with Crippen LogP contribution < -0.4 is 0 Å². The van der Waals surface area contributed by atoms with Crippen LogP contribution in [0.15, 0.2) is 24.5 Å². The van der Waals surface area contributed by atoms with Crippen molar-refractivity contribution in [2.24, 2.45) is 0 Å². The second-order valence-electron chi connectivity index (χ2n) is 3.39. The van der Waals surface area contributed by atoms with E-state index in [4.69, 9.17) is 9.84 Å². The number of ether oxygens (including phenoxy) is 2. The molecule has 0 amide bonds. The summed E-state index contributed by atoms with van der Waals surface area (Å²) < 4.78 is 9.53. The van der Waals surface area contributed by atoms with E-state index in [9.17, 15) is 9.59 Å². The van der Waals surface area contributed by atoms with Crippen molar-refractivity contribution in [2.75, 3.05) is 6.61 Å². The largest absolute Gasteiger partial charge is 0.460 e. The van der Waals surface area contributed by atoms with E-state index in [1.807, 2.05) is 6.92 Å². The lowest BCUT2D eigenvalue weighted by molar-refractivity contribution is -0.149. The molecule has 0 aliphatic rings. The zero-order chi connectivity index (χ0) is 13.3. The summed E-state index contributed by atoms with van der Waals surface area (Å²) in [6, 6.07) is 0. The van der Waals surface area contributed by atoms with Gasteiger partial charge in [0.05, 0.1) is 12.7 Å². The van der Waals surface area contributed by atoms with E-state index in [0.717, 1.165) is 25.0 Å². The van der Waals surface area contributed by atoms with Gasteiger partial charge in [-0.25, -0.2) is 9.59 Å². The molecule has 0 aromatic heterocycles. The van der Waals surface area contributed by atoms with Crippen LogP contribution in [-0.4, -0.2) is 29.8 Å². The Labute approximate surface area is 101 Å². The molecule has 1 unspecified atom stereocenters. The molecule has 0 aromatic carbocycles. The van der Waals surface area contributed by atoms with Crippen molar-refractivity contribution in [3.05, 3.63) is 24.5 Å². The lowest BCUT2D eigenvalue weighted by Gasteiger charge is -2.08. The van der Waals surface area contributed by atoms with Crippen LogP contribution in [0.2, 0.25) is 0 Å². The van der Waals surface area contributed by atoms with Crippen molar-refractivity contribution in [3.63, 3.8) is 0 Å². The number of esters is 2. The molecule has 0 saturated heterocycles. The molecule has 0 aromatic rings. The maximum absolute atomic E-state index is 11.5. The average molecular weight is 242 g/mol. The fourth-order valence-corrected chi connectivity index (χ4v) is 0.893. The van der Waals surface area contributed by atoms with Crippen LogP contribution in [0.3, 0.4) is 0 Å². The van der Waals surface area contributed by atoms with E-state index in [-0.39, 0.29) is 12.4 Å². The van der Waals surface area contributed by atoms with Crippen molar-refractivity contribution in [1.82, 2.24) is 0 Å². The molecule has 5 heteroatoms. The van der Waals surface area contributed by atoms with Crippen LogP contribution in [0.4, 0.5) is 0 Å². The molecule has 0 aliphatic heterocycles. The standard InChI is InChI=1S/C12H18O5/c1-4-6-7-16-12(15)10(8-9(3)13)17-11(14)5-2/h5,8-9,13H,2,4,6-7H2,1,3H3/b10-8-. The summed E-state index contributed by atoms with van der Waals surface area (Å²) >= 11 is 0. The summed E-state index contributed by atoms with van der Waals surface area (Å²) in [5, 5.41) is 9.13. The summed E-state index contributed by atoms with van der Waals surface area (Å²) in [7, 11) is 0. The minimum atomic E-state index is -0.915. The molecule has 1 N–H and O–H groups in total. The Balaban J connectivity index is 4.52. The minimum absolute atomic E-state index is 0.248. The molecule has 0 bridgehead atoms. The van der Waals surface area contributed by atoms with Crippen molar-refractivity contribution < 1.29 is 24.2 Å². The van der Waals surface area contributed by atoms with Gasteiger partial charge in [0.15, 0.2) is 0 Å². The highest BCUT2D eigenvalue weighted by Crippen LogP contribution is 2.05. The lowest BCUT2D eigenvalue weighted by Crippen LogP contribution is -2.16. The van der Waals surface area contributed by atoms with Gasteiger partial charge in [0.2, 0.25) is 5.76 Å². The second-order valence-corrected chi connectivity index (χ2v) is 3.39. The van der Waals surface area contributed by atoms with Gasteiger partial charge >= 0.3 is 11.9 Å². The zero-order valence-corrected chi connectivity index (χ0v) is 10.1. The van der Waals surface area contributed by atoms with Crippen molar-refractivity contribution in [1.29, 1.82) is 0 Å². The van der Waals surface area contributed by atoms with Gasteiger partial charge < -0.3 is 14.6 Å². The van der Waals surface area contributed by atoms with E-state index < -0.39 is 18.0 Å². The van der Waals surface area contributed by atoms with Gasteiger partial charge in [-0.2, -0.15) is 0 Å². The summed E-state index contributed by atoms with van der Waals surface area (Å²) in [6.45, 7) is 6.85. The number of unbranched alkanes of at least 4 members (excludes halogenated alkanes) is 1. The van der Waals surface area contributed by atoms with Crippen molar-refractivity contribution in [2.45, 2.75) is 32.8 Å². The Kier molecular flexibility index (Phi) is 7.71. The Morgan fingerprint density at radius 2 is 2.12 bits per heavy atom. The molecule has 0 saturated carbocycles. The number of carbonyl (C=O) groups excluding carboxylic acids is 2. The highest BCUT2D eigenvalue weighted by atomic mass is 16.6. The molecule has 0 aliphatic carbocycles. The molecule has 5 nitrogen and oxygen atoms in total. The van der Waals surface area contributed by atoms with Gasteiger partial charge in [0, 0.05) is 6.08 Å². The molecule has 1 atom stereocenters. The Bertz CT molecular complexity index is 304. The summed E-state index contributed by atoms with van der Waals surface area (Å²) in [5.41, 5.74) is 0. The molecule has 0 radical (unpaired) electrons. The van der Waals surface area contributed by atoms with Crippen LogP contribution >= 0.6 is 0 Å². The molecule has 0 heterocycles. The molecule has 0 fully saturated rings. The van der Waals surface area contributed by atoms with Gasteiger partial charge in [0.25, 0.3) is 0 Å². The summed E-state index contributed by atoms with van der Waals surface area (Å²) in [5.74, 6) is -1.86. The van der Waals surface area contributed by atoms with Gasteiger partial charge in [-0.1, -0.05) is 19.9 Å². The van der Waals surface area contributed by atoms with Crippen LogP contribution in [0.1, 0.15) is 26.7 Å². The first-order valence-electron chi connectivity index (χ1n) is 5.42. The van der Waals surface area contributed by atoms with Gasteiger partial charge in [-0.15, -0.1) is 0 Å². The molecule has 0 spiro atoms. The van der Waals surface area contributed by atoms with Crippen molar-refractivity contribution >= 4 is 11.9 Å². The number of carbonyl (C=O) groups is 2. The number of hydrogen-bond donors (Lipinski definition) is 1. The van der Waals surface area contributed by atoms with Crippen LogP contribution in [0.25, 0.3) is 0 Å². The predicted octanol–water partition coefficient (Wildman–Crippen LogP) is 1.32. The topological polar surface area (TPSA) is 72.8 Å². The Morgan fingerprint density at radius 3 is 2.59 bits per heavy atom. The predicted molar refractivity (Wildman–Crippen MR) is 61.9 cm³/mol. The van der Waals surface area contributed by atoms with E-state index in [0.29, 0.717) is 0 Å². The summed E-state index contributed by atoms with van der Waals surface area (Å²) in [6.07, 6.45) is 2.73. The smallest absolute Gasteiger partial charge is 0.374 e. The normalized spacial score (nSPS) is 12.8. The number of rotatable bonds is 7. The molecule has 17 heavy (non-hydrogen) atoms. The Morgan fingerprint density at radius 1 is 1.47 bits per heavy atom. The van der Waals surface area contributed by atoms with E-state index in [2.05, 4.69) is 11.3 Å². The maximum Gasteiger partial charge on any atom is 0.374 e. The zero-order valence-electron chi connectivity index (χ0n) is 10.1. The molecular formula is C12H18O5. The first-order valence-corrected chi connectivity index (χ1v) is 5.42. The van der Waals surface area contributed by atoms with Crippen molar-refractivity contribution in [3.8, 4) is 0 Å². The third-order valence-electron chi connectivity index (χ3n) is 1.70. The quantitative estimate of drug-likeness (QED) is 0.315. The van der Waals surface area contributed by atoms with Crippen LogP contribution in [-0.2, 0) is 19.1 Å². The summed E-state index contributed by atoms with van der Waals surface area (Å²) in [4.78, 5) is 22.5. The number of aliphatic hydroxyl groups excluding tert-OH is 1. The fourth-order valence-electron chi connectivity index (χ4n) is 0.893. The fraction of sp³-hybridized carbons (Fsp3) is 0.500. The van der Waals surface area contributed by atoms with E-state index in [1.54, 1.807) is 0 Å². The SMILES string of the molecule is C=CC(=O)O/C(=C\C(C)O)C(=O)OCCCC. The van der Waals surface area contributed by atoms with Gasteiger partial charge in [-0.05, 0) is 19.4 Å². The second kappa shape index (κ2) is 8.52. The van der Waals surface area contributed by atoms with Gasteiger partial charge in [0.1, 0.15) is 0 Å². The third kappa shape index (κ3) is 7.30. The third-order valence-corrected chi connectivity index (χ3v) is 1.70. The first kappa shape index (κ1) is 15.4. The lowest BCUT2D eigenvalue weighted by atomic mass is 10.3. The van der Waals surface area contributed by atoms with Crippen LogP contribution in [0, 0.1) is 0 Å². The van der Waals surface area contributed by atoms with Gasteiger partial charge in [-0.3, -0.25) is 0 Å². The average Bonchev–Trinajstić information content (AvgIpc) is 2.27. The van der Waals surface area contributed by atoms with E-state index in [1.165, 1.54) is 6.92 Å².